The number of pyridine rings is 2. The number of hydrogen-bond acceptors (Lipinski definition) is 7. The number of furan rings is 2. The minimum Gasteiger partial charge on any atom is -0.499 e. The van der Waals surface area contributed by atoms with Crippen molar-refractivity contribution >= 4 is 66.3 Å². The van der Waals surface area contributed by atoms with Gasteiger partial charge in [0.15, 0.2) is 0 Å². The summed E-state index contributed by atoms with van der Waals surface area (Å²) >= 11 is 0. The normalized spacial score (nSPS) is 12.0. The van der Waals surface area contributed by atoms with E-state index in [1.807, 2.05) is 55.5 Å². The molecule has 0 radical (unpaired) electrons. The maximum atomic E-state index is 7.11. The first-order valence-corrected chi connectivity index (χ1v) is 28.5. The van der Waals surface area contributed by atoms with E-state index in [9.17, 15) is 0 Å². The van der Waals surface area contributed by atoms with Crippen molar-refractivity contribution in [1.29, 1.82) is 0 Å². The second-order valence-electron chi connectivity index (χ2n) is 22.9. The average molecular weight is 1260 g/mol. The molecule has 9 nitrogen and oxygen atoms in total. The standard InChI is InChI=1S/C73H60N6O3.Pt/c1-41(2)54-34-49(46-21-12-10-13-22-46)35-55(42(3)4)67(54)78-63-29-18-16-27-61(63)75-70(78)48-25-20-26-51(33-48)80-52-38-59-66-65(40-58-53-32-31-45(9)74-72(53)82-73(58)77-66)81-69(59)60(39-52)71-76-62-28-17-19-30-64(62)79(71)68-56(43(5)6)36-50(37-57(68)44(7)8)47-23-14-11-15-24-47;/h10-32,34-38,40-44H,1-9H3;/q-2;+2. The molecule has 0 atom stereocenters. The van der Waals surface area contributed by atoms with E-state index < -0.39 is 0 Å². The summed E-state index contributed by atoms with van der Waals surface area (Å²) in [5.41, 5.74) is 20.6. The summed E-state index contributed by atoms with van der Waals surface area (Å²) in [5.74, 6) is 3.06. The Bertz CT molecular complexity index is 4760. The van der Waals surface area contributed by atoms with Crippen LogP contribution in [-0.4, -0.2) is 29.1 Å². The Hall–Kier alpha value is -8.91. The Labute approximate surface area is 496 Å². The first kappa shape index (κ1) is 53.4. The molecule has 14 aromatic rings. The van der Waals surface area contributed by atoms with Gasteiger partial charge in [0.1, 0.15) is 11.1 Å². The number of hydrogen-bond donors (Lipinski definition) is 0. The molecule has 8 aromatic carbocycles. The monoisotopic (exact) mass is 1260 g/mol. The topological polar surface area (TPSA) is 96.9 Å². The number of para-hydroxylation sites is 4. The minimum atomic E-state index is 0. The van der Waals surface area contributed by atoms with E-state index in [-0.39, 0.29) is 44.7 Å². The zero-order chi connectivity index (χ0) is 56.1. The van der Waals surface area contributed by atoms with E-state index in [0.29, 0.717) is 51.0 Å². The number of rotatable bonds is 12. The fraction of sp³-hybridized carbons (Fsp3) is 0.178. The van der Waals surface area contributed by atoms with Crippen LogP contribution in [0.5, 0.6) is 11.5 Å². The van der Waals surface area contributed by atoms with Crippen molar-refractivity contribution in [2.24, 2.45) is 0 Å². The molecule has 0 spiro atoms. The second kappa shape index (κ2) is 21.1. The zero-order valence-electron chi connectivity index (χ0n) is 47.8. The number of imidazole rings is 2. The summed E-state index contributed by atoms with van der Waals surface area (Å²) in [4.78, 5) is 20.8. The summed E-state index contributed by atoms with van der Waals surface area (Å²) in [6, 6.07) is 68.9. The summed E-state index contributed by atoms with van der Waals surface area (Å²) in [7, 11) is 0. The molecule has 0 saturated carbocycles. The third-order valence-corrected chi connectivity index (χ3v) is 16.0. The van der Waals surface area contributed by atoms with Gasteiger partial charge < -0.3 is 22.7 Å². The van der Waals surface area contributed by atoms with Gasteiger partial charge in [-0.1, -0.05) is 164 Å². The summed E-state index contributed by atoms with van der Waals surface area (Å²) in [5, 5.41) is 2.40. The number of benzene rings is 8. The van der Waals surface area contributed by atoms with Gasteiger partial charge in [-0.3, -0.25) is 9.97 Å². The second-order valence-corrected chi connectivity index (χ2v) is 22.9. The molecule has 83 heavy (non-hydrogen) atoms. The van der Waals surface area contributed by atoms with Crippen molar-refractivity contribution < 1.29 is 34.6 Å². The van der Waals surface area contributed by atoms with Crippen molar-refractivity contribution in [2.45, 2.75) is 86.0 Å². The van der Waals surface area contributed by atoms with Crippen molar-refractivity contribution in [2.75, 3.05) is 0 Å². The molecule has 10 heteroatoms. The van der Waals surface area contributed by atoms with E-state index in [1.165, 1.54) is 44.5 Å². The van der Waals surface area contributed by atoms with Crippen LogP contribution in [0.4, 0.5) is 0 Å². The van der Waals surface area contributed by atoms with Crippen LogP contribution in [0.25, 0.3) is 123 Å². The largest absolute Gasteiger partial charge is 2.00 e. The van der Waals surface area contributed by atoms with Crippen molar-refractivity contribution in [3.8, 4) is 67.9 Å². The molecule has 6 heterocycles. The smallest absolute Gasteiger partial charge is 0.499 e. The number of aromatic nitrogens is 6. The van der Waals surface area contributed by atoms with Crippen molar-refractivity contribution in [3.63, 3.8) is 0 Å². The predicted octanol–water partition coefficient (Wildman–Crippen LogP) is 19.8. The van der Waals surface area contributed by atoms with Gasteiger partial charge >= 0.3 is 21.1 Å². The van der Waals surface area contributed by atoms with Gasteiger partial charge in [-0.15, -0.1) is 23.8 Å². The molecule has 0 amide bonds. The van der Waals surface area contributed by atoms with Crippen LogP contribution in [0.2, 0.25) is 0 Å². The first-order valence-electron chi connectivity index (χ1n) is 28.5. The predicted molar refractivity (Wildman–Crippen MR) is 333 cm³/mol. The Kier molecular flexibility index (Phi) is 13.6. The minimum absolute atomic E-state index is 0. The van der Waals surface area contributed by atoms with Crippen LogP contribution < -0.4 is 4.74 Å². The SMILES string of the molecule is Cc1ccc2c(n1)oc1nc3c(cc12)oc1c(-c2nc4ccccc4n2-c2c(C(C)C)cc(-c4ccccc4)cc2C(C)C)[c-]c(Oc2[c-]c(-c4nc5ccccc5n4-c4c(C(C)C)cc(-c5ccccc5)cc4C(C)C)ccc2)cc13.[Pt+2]. The molecule has 0 aliphatic heterocycles. The van der Waals surface area contributed by atoms with E-state index in [1.54, 1.807) is 0 Å². The molecular weight excluding hydrogens is 1200 g/mol. The number of fused-ring (bicyclic) bond motifs is 8. The van der Waals surface area contributed by atoms with E-state index >= 15 is 0 Å². The molecule has 0 aliphatic rings. The maximum absolute atomic E-state index is 7.11. The molecule has 0 saturated heterocycles. The van der Waals surface area contributed by atoms with Gasteiger partial charge in [-0.25, -0.2) is 9.97 Å². The quantitative estimate of drug-likeness (QED) is 0.112. The Morgan fingerprint density at radius 2 is 0.952 bits per heavy atom. The van der Waals surface area contributed by atoms with Crippen LogP contribution >= 0.6 is 0 Å². The summed E-state index contributed by atoms with van der Waals surface area (Å²) < 4.78 is 25.2. The fourth-order valence-electron chi connectivity index (χ4n) is 11.9. The van der Waals surface area contributed by atoms with Gasteiger partial charge in [-0.2, -0.15) is 0 Å². The Morgan fingerprint density at radius 3 is 1.52 bits per heavy atom. The van der Waals surface area contributed by atoms with Gasteiger partial charge in [0, 0.05) is 28.6 Å². The molecular formula is C73H60N6O3Pt. The van der Waals surface area contributed by atoms with Crippen molar-refractivity contribution in [1.82, 2.24) is 29.1 Å². The Morgan fingerprint density at radius 1 is 0.434 bits per heavy atom. The van der Waals surface area contributed by atoms with Gasteiger partial charge in [-0.05, 0) is 147 Å². The van der Waals surface area contributed by atoms with E-state index in [2.05, 4.69) is 204 Å². The number of ether oxygens (including phenoxy) is 1. The molecule has 14 rings (SSSR count). The van der Waals surface area contributed by atoms with Gasteiger partial charge in [0.2, 0.25) is 11.4 Å². The third-order valence-electron chi connectivity index (χ3n) is 16.0. The average Bonchev–Trinajstić information content (AvgIpc) is 2.34. The van der Waals surface area contributed by atoms with Crippen LogP contribution in [0, 0.1) is 19.1 Å². The fourth-order valence-corrected chi connectivity index (χ4v) is 11.9. The molecule has 410 valence electrons. The molecule has 0 unspecified atom stereocenters. The van der Waals surface area contributed by atoms with Crippen LogP contribution in [0.1, 0.15) is 107 Å². The van der Waals surface area contributed by atoms with Crippen LogP contribution in [-0.2, 0) is 21.1 Å². The molecule has 0 N–H and O–H groups in total. The first-order chi connectivity index (χ1) is 39.8. The molecule has 0 fully saturated rings. The van der Waals surface area contributed by atoms with Crippen LogP contribution in [0.3, 0.4) is 0 Å². The maximum Gasteiger partial charge on any atom is 2.00 e. The van der Waals surface area contributed by atoms with Crippen LogP contribution in [0.15, 0.2) is 185 Å². The van der Waals surface area contributed by atoms with E-state index in [0.717, 1.165) is 66.7 Å². The van der Waals surface area contributed by atoms with E-state index in [4.69, 9.17) is 33.5 Å². The molecule has 0 aliphatic carbocycles. The summed E-state index contributed by atoms with van der Waals surface area (Å²) in [6.07, 6.45) is 0. The Balaban J connectivity index is 0.00000645. The van der Waals surface area contributed by atoms with Crippen molar-refractivity contribution in [3.05, 3.63) is 216 Å². The number of aryl methyl sites for hydroxylation is 1. The zero-order valence-corrected chi connectivity index (χ0v) is 50.0. The van der Waals surface area contributed by atoms with Gasteiger partial charge in [0.05, 0.1) is 50.1 Å². The third kappa shape index (κ3) is 9.23. The summed E-state index contributed by atoms with van der Waals surface area (Å²) in [6.45, 7) is 20.1. The number of nitrogens with zero attached hydrogens (tertiary/aromatic N) is 6. The van der Waals surface area contributed by atoms with Gasteiger partial charge in [0.25, 0.3) is 0 Å². The molecule has 0 bridgehead atoms. The molecule has 6 aromatic heterocycles.